The summed E-state index contributed by atoms with van der Waals surface area (Å²) in [6, 6.07) is 0. The topological polar surface area (TPSA) is 125 Å². The summed E-state index contributed by atoms with van der Waals surface area (Å²) in [5.74, 6) is -4.89. The summed E-state index contributed by atoms with van der Waals surface area (Å²) < 4.78 is 22.8. The molecule has 182 valence electrons. The molecule has 3 aliphatic rings. The molecule has 8 atom stereocenters. The van der Waals surface area contributed by atoms with E-state index in [0.717, 1.165) is 0 Å². The van der Waals surface area contributed by atoms with Gasteiger partial charge >= 0.3 is 23.9 Å². The zero-order chi connectivity index (χ0) is 24.9. The maximum atomic E-state index is 13.0. The molecule has 0 aromatic rings. The van der Waals surface area contributed by atoms with Crippen LogP contribution in [0.1, 0.15) is 54.9 Å². The lowest BCUT2D eigenvalue weighted by molar-refractivity contribution is -0.182. The van der Waals surface area contributed by atoms with Crippen molar-refractivity contribution in [1.29, 1.82) is 0 Å². The Morgan fingerprint density at radius 3 is 2.24 bits per heavy atom. The smallest absolute Gasteiger partial charge is 0.351 e. The summed E-state index contributed by atoms with van der Waals surface area (Å²) in [6.07, 6.45) is 2.93. The minimum atomic E-state index is -1.77. The summed E-state index contributed by atoms with van der Waals surface area (Å²) in [5.41, 5.74) is -4.04. The largest absolute Gasteiger partial charge is 0.459 e. The van der Waals surface area contributed by atoms with Gasteiger partial charge in [0, 0.05) is 37.7 Å². The number of allylic oxidation sites excluding steroid dienone is 1. The van der Waals surface area contributed by atoms with Gasteiger partial charge in [-0.3, -0.25) is 9.59 Å². The maximum Gasteiger partial charge on any atom is 0.351 e. The van der Waals surface area contributed by atoms with Crippen LogP contribution in [-0.2, 0) is 38.1 Å². The molecular weight excluding hydrogens is 432 g/mol. The Kier molecular flexibility index (Phi) is 6.25. The average molecular weight is 465 g/mol. The van der Waals surface area contributed by atoms with E-state index in [9.17, 15) is 24.3 Å². The first-order valence-corrected chi connectivity index (χ1v) is 11.0. The van der Waals surface area contributed by atoms with Crippen molar-refractivity contribution < 1.29 is 43.2 Å². The van der Waals surface area contributed by atoms with Crippen LogP contribution in [0.15, 0.2) is 23.8 Å². The molecule has 2 aliphatic carbocycles. The predicted octanol–water partition coefficient (Wildman–Crippen LogP) is 2.01. The van der Waals surface area contributed by atoms with Crippen molar-refractivity contribution in [2.24, 2.45) is 17.8 Å². The highest BCUT2D eigenvalue weighted by Crippen LogP contribution is 2.56. The van der Waals surface area contributed by atoms with Crippen LogP contribution in [0.5, 0.6) is 0 Å². The van der Waals surface area contributed by atoms with Crippen LogP contribution in [-0.4, -0.2) is 58.0 Å². The summed E-state index contributed by atoms with van der Waals surface area (Å²) in [6.45, 7) is 10.4. The third kappa shape index (κ3) is 4.18. The molecule has 2 fully saturated rings. The maximum absolute atomic E-state index is 13.0. The molecule has 0 spiro atoms. The van der Waals surface area contributed by atoms with Crippen molar-refractivity contribution in [2.75, 3.05) is 0 Å². The molecule has 0 unspecified atom stereocenters. The molecule has 9 heteroatoms. The van der Waals surface area contributed by atoms with E-state index in [1.807, 2.05) is 0 Å². The molecule has 9 nitrogen and oxygen atoms in total. The van der Waals surface area contributed by atoms with Gasteiger partial charge in [-0.15, -0.1) is 0 Å². The Morgan fingerprint density at radius 2 is 1.70 bits per heavy atom. The van der Waals surface area contributed by atoms with E-state index in [4.69, 9.17) is 18.9 Å². The minimum absolute atomic E-state index is 0.00552. The first kappa shape index (κ1) is 25.0. The van der Waals surface area contributed by atoms with Crippen LogP contribution in [0.3, 0.4) is 0 Å². The van der Waals surface area contributed by atoms with Crippen LogP contribution < -0.4 is 0 Å². The normalized spacial score (nSPS) is 42.0. The van der Waals surface area contributed by atoms with Gasteiger partial charge in [-0.25, -0.2) is 9.59 Å². The number of esters is 4. The van der Waals surface area contributed by atoms with Crippen molar-refractivity contribution in [3.8, 4) is 0 Å². The molecule has 1 saturated carbocycles. The van der Waals surface area contributed by atoms with E-state index in [1.165, 1.54) is 20.8 Å². The second-order valence-corrected chi connectivity index (χ2v) is 9.76. The second-order valence-electron chi connectivity index (χ2n) is 9.76. The van der Waals surface area contributed by atoms with E-state index >= 15 is 0 Å². The molecule has 1 saturated heterocycles. The van der Waals surface area contributed by atoms with Gasteiger partial charge in [0.1, 0.15) is 17.8 Å². The molecule has 0 bridgehead atoms. The zero-order valence-electron chi connectivity index (χ0n) is 20.0. The van der Waals surface area contributed by atoms with Crippen LogP contribution in [0.25, 0.3) is 0 Å². The average Bonchev–Trinajstić information content (AvgIpc) is 3.08. The number of rotatable bonds is 4. The van der Waals surface area contributed by atoms with E-state index in [2.05, 4.69) is 0 Å². The molecule has 33 heavy (non-hydrogen) atoms. The number of carbonyl (C=O) groups excluding carboxylic acids is 4. The van der Waals surface area contributed by atoms with Gasteiger partial charge in [-0.1, -0.05) is 18.2 Å². The number of carbonyl (C=O) groups is 4. The Bertz CT molecular complexity index is 932. The fraction of sp³-hybridized carbons (Fsp3) is 0.667. The number of hydrogen-bond acceptors (Lipinski definition) is 9. The molecular formula is C24H32O9. The fourth-order valence-corrected chi connectivity index (χ4v) is 5.61. The summed E-state index contributed by atoms with van der Waals surface area (Å²) in [5, 5.41) is 11.2. The molecule has 0 amide bonds. The van der Waals surface area contributed by atoms with Crippen molar-refractivity contribution in [3.63, 3.8) is 0 Å². The Morgan fingerprint density at radius 1 is 1.09 bits per heavy atom. The van der Waals surface area contributed by atoms with Crippen LogP contribution >= 0.6 is 0 Å². The molecule has 0 aromatic carbocycles. The van der Waals surface area contributed by atoms with E-state index in [1.54, 1.807) is 45.9 Å². The minimum Gasteiger partial charge on any atom is -0.459 e. The SMILES string of the molecule is C/C=C(/C)C(=O)O[C@H]1C[C@](C)(OC(C)=O)[C@H]2C=C[C@](C)(O)[C@H]2[C@@H]2OC(=O)[C@@](C)(OC(C)=O)[C@@H]21. The second kappa shape index (κ2) is 8.27. The van der Waals surface area contributed by atoms with Crippen molar-refractivity contribution in [3.05, 3.63) is 23.8 Å². The Hall–Kier alpha value is -2.68. The molecule has 0 radical (unpaired) electrons. The molecule has 0 aromatic heterocycles. The fourth-order valence-electron chi connectivity index (χ4n) is 5.61. The van der Waals surface area contributed by atoms with Gasteiger partial charge in [0.05, 0.1) is 11.5 Å². The van der Waals surface area contributed by atoms with Gasteiger partial charge < -0.3 is 24.1 Å². The highest BCUT2D eigenvalue weighted by atomic mass is 16.6. The third-order valence-electron chi connectivity index (χ3n) is 7.15. The molecule has 1 N–H and O–H groups in total. The van der Waals surface area contributed by atoms with Crippen molar-refractivity contribution >= 4 is 23.9 Å². The van der Waals surface area contributed by atoms with Crippen LogP contribution in [0, 0.1) is 17.8 Å². The van der Waals surface area contributed by atoms with Crippen LogP contribution in [0.4, 0.5) is 0 Å². The summed E-state index contributed by atoms with van der Waals surface area (Å²) >= 11 is 0. The summed E-state index contributed by atoms with van der Waals surface area (Å²) in [7, 11) is 0. The number of fused-ring (bicyclic) bond motifs is 3. The standard InChI is InChI=1S/C24H32O9/c1-8-12(2)20(27)30-16-11-23(6,32-13(3)25)15-9-10-22(5,29)17(15)19-18(16)24(7,21(28)31-19)33-14(4)26/h8-10,15-19,29H,11H2,1-7H3/b12-8-/t15-,16-,17+,18+,19-,22-,23-,24-/m0/s1. The Balaban J connectivity index is 2.20. The van der Waals surface area contributed by atoms with Crippen molar-refractivity contribution in [1.82, 2.24) is 0 Å². The highest BCUT2D eigenvalue weighted by Gasteiger charge is 2.70. The summed E-state index contributed by atoms with van der Waals surface area (Å²) in [4.78, 5) is 49.8. The Labute approximate surface area is 193 Å². The van der Waals surface area contributed by atoms with E-state index in [0.29, 0.717) is 5.57 Å². The first-order valence-electron chi connectivity index (χ1n) is 11.0. The quantitative estimate of drug-likeness (QED) is 0.288. The lowest BCUT2D eigenvalue weighted by atomic mass is 9.72. The highest BCUT2D eigenvalue weighted by molar-refractivity contribution is 5.88. The van der Waals surface area contributed by atoms with Gasteiger partial charge in [0.15, 0.2) is 0 Å². The number of aliphatic hydroxyl groups is 1. The van der Waals surface area contributed by atoms with E-state index in [-0.39, 0.29) is 6.42 Å². The first-order chi connectivity index (χ1) is 15.2. The van der Waals surface area contributed by atoms with Crippen molar-refractivity contribution in [2.45, 2.75) is 83.9 Å². The number of hydrogen-bond donors (Lipinski definition) is 1. The predicted molar refractivity (Wildman–Crippen MR) is 114 cm³/mol. The number of ether oxygens (including phenoxy) is 4. The third-order valence-corrected chi connectivity index (χ3v) is 7.15. The van der Waals surface area contributed by atoms with Gasteiger partial charge in [0.2, 0.25) is 5.60 Å². The lowest BCUT2D eigenvalue weighted by Gasteiger charge is -2.40. The van der Waals surface area contributed by atoms with Gasteiger partial charge in [0.25, 0.3) is 0 Å². The van der Waals surface area contributed by atoms with Crippen LogP contribution in [0.2, 0.25) is 0 Å². The zero-order valence-corrected chi connectivity index (χ0v) is 20.0. The lowest BCUT2D eigenvalue weighted by Crippen LogP contribution is -2.52. The molecule has 3 rings (SSSR count). The van der Waals surface area contributed by atoms with Gasteiger partial charge in [-0.05, 0) is 34.6 Å². The van der Waals surface area contributed by atoms with E-state index < -0.39 is 70.6 Å². The monoisotopic (exact) mass is 464 g/mol. The molecule has 1 heterocycles. The van der Waals surface area contributed by atoms with Gasteiger partial charge in [-0.2, -0.15) is 0 Å². The molecule has 1 aliphatic heterocycles.